The maximum atomic E-state index is 3.65. The summed E-state index contributed by atoms with van der Waals surface area (Å²) < 4.78 is 1.27. The van der Waals surface area contributed by atoms with E-state index in [-0.39, 0.29) is 0 Å². The summed E-state index contributed by atoms with van der Waals surface area (Å²) in [5.41, 5.74) is 0. The van der Waals surface area contributed by atoms with Gasteiger partial charge in [-0.15, -0.1) is 11.3 Å². The lowest BCUT2D eigenvalue weighted by molar-refractivity contribution is 0.185. The van der Waals surface area contributed by atoms with Crippen molar-refractivity contribution >= 4 is 27.3 Å². The van der Waals surface area contributed by atoms with E-state index in [4.69, 9.17) is 0 Å². The largest absolute Gasteiger partial charge is 0.313 e. The molecule has 0 spiro atoms. The Morgan fingerprint density at radius 3 is 3.18 bits per heavy atom. The second-order valence-corrected chi connectivity index (χ2v) is 6.58. The Balaban J connectivity index is 1.83. The fourth-order valence-corrected chi connectivity index (χ4v) is 3.87. The quantitative estimate of drug-likeness (QED) is 0.894. The number of hydrogen-bond acceptors (Lipinski definition) is 3. The van der Waals surface area contributed by atoms with Crippen molar-refractivity contribution in [3.63, 3.8) is 0 Å². The number of hydrogen-bond donors (Lipinski definition) is 1. The Labute approximate surface area is 117 Å². The Kier molecular flexibility index (Phi) is 5.48. The first-order chi connectivity index (χ1) is 8.29. The van der Waals surface area contributed by atoms with Gasteiger partial charge >= 0.3 is 0 Å². The predicted octanol–water partition coefficient (Wildman–Crippen LogP) is 3.47. The summed E-state index contributed by atoms with van der Waals surface area (Å²) in [6.07, 6.45) is 3.89. The summed E-state index contributed by atoms with van der Waals surface area (Å²) in [7, 11) is 0. The van der Waals surface area contributed by atoms with Crippen LogP contribution >= 0.6 is 27.3 Å². The minimum atomic E-state index is 0.697. The first-order valence-corrected chi connectivity index (χ1v) is 8.14. The average molecular weight is 317 g/mol. The topological polar surface area (TPSA) is 15.3 Å². The molecule has 1 unspecified atom stereocenters. The molecule has 1 aromatic heterocycles. The molecule has 0 radical (unpaired) electrons. The van der Waals surface area contributed by atoms with Crippen molar-refractivity contribution in [2.24, 2.45) is 0 Å². The van der Waals surface area contributed by atoms with Gasteiger partial charge in [0.25, 0.3) is 0 Å². The molecule has 0 saturated carbocycles. The number of nitrogens with zero attached hydrogens (tertiary/aromatic N) is 1. The first-order valence-electron chi connectivity index (χ1n) is 6.47. The van der Waals surface area contributed by atoms with Gasteiger partial charge in [0.2, 0.25) is 0 Å². The Morgan fingerprint density at radius 2 is 2.47 bits per heavy atom. The van der Waals surface area contributed by atoms with Crippen molar-refractivity contribution in [1.82, 2.24) is 10.2 Å². The molecule has 1 aliphatic heterocycles. The third-order valence-electron chi connectivity index (χ3n) is 3.25. The zero-order chi connectivity index (χ0) is 12.1. The lowest BCUT2D eigenvalue weighted by Crippen LogP contribution is -2.45. The predicted molar refractivity (Wildman–Crippen MR) is 78.6 cm³/mol. The highest BCUT2D eigenvalue weighted by molar-refractivity contribution is 9.10. The number of nitrogens with one attached hydrogen (secondary N) is 1. The third kappa shape index (κ3) is 4.05. The number of likely N-dealkylation sites (tertiary alicyclic amines) is 1. The molecule has 1 aliphatic rings. The van der Waals surface area contributed by atoms with E-state index in [0.29, 0.717) is 6.04 Å². The van der Waals surface area contributed by atoms with Crippen LogP contribution in [-0.4, -0.2) is 30.6 Å². The average Bonchev–Trinajstić information content (AvgIpc) is 2.73. The molecule has 2 rings (SSSR count). The van der Waals surface area contributed by atoms with Gasteiger partial charge in [0.05, 0.1) is 0 Å². The Bertz CT molecular complexity index is 340. The highest BCUT2D eigenvalue weighted by Gasteiger charge is 2.19. The summed E-state index contributed by atoms with van der Waals surface area (Å²) in [5, 5.41) is 5.81. The molecule has 17 heavy (non-hydrogen) atoms. The van der Waals surface area contributed by atoms with Crippen LogP contribution in [0.4, 0.5) is 0 Å². The van der Waals surface area contributed by atoms with Gasteiger partial charge in [0.15, 0.2) is 0 Å². The highest BCUT2D eigenvalue weighted by atomic mass is 79.9. The zero-order valence-electron chi connectivity index (χ0n) is 10.4. The summed E-state index contributed by atoms with van der Waals surface area (Å²) in [6, 6.07) is 2.85. The van der Waals surface area contributed by atoms with E-state index >= 15 is 0 Å². The smallest absolute Gasteiger partial charge is 0.0339 e. The van der Waals surface area contributed by atoms with Gasteiger partial charge in [-0.2, -0.15) is 0 Å². The van der Waals surface area contributed by atoms with Gasteiger partial charge in [0.1, 0.15) is 0 Å². The molecule has 1 N–H and O–H groups in total. The van der Waals surface area contributed by atoms with Crippen LogP contribution in [0.3, 0.4) is 0 Å². The molecule has 0 amide bonds. The summed E-state index contributed by atoms with van der Waals surface area (Å²) in [4.78, 5) is 4.04. The molecule has 96 valence electrons. The van der Waals surface area contributed by atoms with Gasteiger partial charge in [0, 0.05) is 28.5 Å². The van der Waals surface area contributed by atoms with Gasteiger partial charge in [-0.1, -0.05) is 6.92 Å². The molecule has 2 heterocycles. The van der Waals surface area contributed by atoms with Crippen LogP contribution in [-0.2, 0) is 6.54 Å². The normalized spacial score (nSPS) is 21.9. The van der Waals surface area contributed by atoms with Crippen LogP contribution in [0.2, 0.25) is 0 Å². The number of rotatable bonds is 5. The van der Waals surface area contributed by atoms with Crippen LogP contribution in [0, 0.1) is 0 Å². The molecule has 1 fully saturated rings. The minimum Gasteiger partial charge on any atom is -0.313 e. The number of thiophene rings is 1. The summed E-state index contributed by atoms with van der Waals surface area (Å²) in [6.45, 7) is 6.93. The van der Waals surface area contributed by atoms with Gasteiger partial charge in [-0.3, -0.25) is 4.90 Å². The van der Waals surface area contributed by atoms with Crippen molar-refractivity contribution in [1.29, 1.82) is 0 Å². The monoisotopic (exact) mass is 316 g/mol. The molecule has 1 aromatic rings. The van der Waals surface area contributed by atoms with Gasteiger partial charge in [-0.05, 0) is 59.7 Å². The van der Waals surface area contributed by atoms with Crippen molar-refractivity contribution < 1.29 is 0 Å². The van der Waals surface area contributed by atoms with Crippen LogP contribution < -0.4 is 5.32 Å². The fourth-order valence-electron chi connectivity index (χ4n) is 2.36. The van der Waals surface area contributed by atoms with Crippen molar-refractivity contribution in [2.45, 2.75) is 38.8 Å². The van der Waals surface area contributed by atoms with Crippen molar-refractivity contribution in [2.75, 3.05) is 19.6 Å². The fraction of sp³-hybridized carbons (Fsp3) is 0.692. The first kappa shape index (κ1) is 13.5. The zero-order valence-corrected chi connectivity index (χ0v) is 12.8. The maximum absolute atomic E-state index is 3.65. The molecule has 1 atom stereocenters. The van der Waals surface area contributed by atoms with Crippen molar-refractivity contribution in [3.05, 3.63) is 20.8 Å². The number of halogens is 1. The highest BCUT2D eigenvalue weighted by Crippen LogP contribution is 2.25. The SMILES string of the molecule is CCCNC1CCCN(Cc2sccc2Br)C1. The molecule has 2 nitrogen and oxygen atoms in total. The Morgan fingerprint density at radius 1 is 1.59 bits per heavy atom. The molecule has 4 heteroatoms. The third-order valence-corrected chi connectivity index (χ3v) is 5.16. The molecule has 0 bridgehead atoms. The van der Waals surface area contributed by atoms with E-state index in [1.807, 2.05) is 11.3 Å². The standard InChI is InChI=1S/C13H21BrN2S/c1-2-6-15-11-4-3-7-16(9-11)10-13-12(14)5-8-17-13/h5,8,11,15H,2-4,6-7,9-10H2,1H3. The minimum absolute atomic E-state index is 0.697. The van der Waals surface area contributed by atoms with Crippen molar-refractivity contribution in [3.8, 4) is 0 Å². The van der Waals surface area contributed by atoms with Crippen LogP contribution in [0.5, 0.6) is 0 Å². The lowest BCUT2D eigenvalue weighted by Gasteiger charge is -2.33. The maximum Gasteiger partial charge on any atom is 0.0339 e. The van der Waals surface area contributed by atoms with Gasteiger partial charge < -0.3 is 5.32 Å². The van der Waals surface area contributed by atoms with E-state index in [0.717, 1.165) is 13.1 Å². The Hall–Kier alpha value is 0.100. The second-order valence-electron chi connectivity index (χ2n) is 4.72. The molecular formula is C13H21BrN2S. The van der Waals surface area contributed by atoms with Crippen LogP contribution in [0.15, 0.2) is 15.9 Å². The van der Waals surface area contributed by atoms with E-state index < -0.39 is 0 Å². The van der Waals surface area contributed by atoms with E-state index in [9.17, 15) is 0 Å². The molecule has 0 aromatic carbocycles. The second kappa shape index (κ2) is 6.88. The van der Waals surface area contributed by atoms with Crippen LogP contribution in [0.25, 0.3) is 0 Å². The summed E-state index contributed by atoms with van der Waals surface area (Å²) >= 11 is 5.47. The lowest BCUT2D eigenvalue weighted by atomic mass is 10.1. The van der Waals surface area contributed by atoms with Crippen LogP contribution in [0.1, 0.15) is 31.1 Å². The summed E-state index contributed by atoms with van der Waals surface area (Å²) in [5.74, 6) is 0. The molecule has 0 aliphatic carbocycles. The van der Waals surface area contributed by atoms with E-state index in [1.54, 1.807) is 0 Å². The van der Waals surface area contributed by atoms with Gasteiger partial charge in [-0.25, -0.2) is 0 Å². The van der Waals surface area contributed by atoms with E-state index in [2.05, 4.69) is 44.5 Å². The molecular weight excluding hydrogens is 296 g/mol. The number of piperidine rings is 1. The molecule has 1 saturated heterocycles. The van der Waals surface area contributed by atoms with E-state index in [1.165, 1.54) is 41.7 Å².